The Kier molecular flexibility index (Phi) is 5.63. The molecule has 7 heteroatoms. The molecule has 0 radical (unpaired) electrons. The van der Waals surface area contributed by atoms with E-state index < -0.39 is 0 Å². The second-order valence-electron chi connectivity index (χ2n) is 6.53. The van der Waals surface area contributed by atoms with Crippen LogP contribution in [0.15, 0.2) is 41.2 Å². The highest BCUT2D eigenvalue weighted by Crippen LogP contribution is 2.42. The summed E-state index contributed by atoms with van der Waals surface area (Å²) in [6, 6.07) is 11.6. The third kappa shape index (κ3) is 3.69. The minimum absolute atomic E-state index is 0.167. The monoisotopic (exact) mass is 383 g/mol. The van der Waals surface area contributed by atoms with Gasteiger partial charge in [0.05, 0.1) is 26.8 Å². The fourth-order valence-corrected chi connectivity index (χ4v) is 3.07. The molecule has 0 aliphatic carbocycles. The van der Waals surface area contributed by atoms with Crippen molar-refractivity contribution in [1.82, 2.24) is 4.98 Å². The van der Waals surface area contributed by atoms with Gasteiger partial charge in [-0.2, -0.15) is 0 Å². The molecule has 0 atom stereocenters. The third-order valence-electron chi connectivity index (χ3n) is 4.59. The standard InChI is InChI=1S/C21H25N3O4/c1-24(2)15-8-6-14(7-9-15)22-12-13-10-16-17(23-21(13)25)11-18(26-3)20(28-5)19(16)27-4/h6-11,22H,12H2,1-5H3,(H,23,25). The highest BCUT2D eigenvalue weighted by Gasteiger charge is 2.17. The lowest BCUT2D eigenvalue weighted by molar-refractivity contribution is 0.327. The number of anilines is 2. The van der Waals surface area contributed by atoms with Gasteiger partial charge >= 0.3 is 0 Å². The molecule has 0 saturated carbocycles. The molecule has 0 aliphatic heterocycles. The van der Waals surface area contributed by atoms with Gasteiger partial charge in [0, 0.05) is 49.0 Å². The molecule has 2 aromatic carbocycles. The number of aromatic nitrogens is 1. The first-order chi connectivity index (χ1) is 13.5. The minimum atomic E-state index is -0.167. The van der Waals surface area contributed by atoms with Crippen LogP contribution in [-0.4, -0.2) is 40.4 Å². The number of benzene rings is 2. The molecular formula is C21H25N3O4. The van der Waals surface area contributed by atoms with E-state index in [0.717, 1.165) is 16.8 Å². The van der Waals surface area contributed by atoms with Gasteiger partial charge in [0.25, 0.3) is 5.56 Å². The summed E-state index contributed by atoms with van der Waals surface area (Å²) < 4.78 is 16.3. The normalized spacial score (nSPS) is 10.6. The highest BCUT2D eigenvalue weighted by atomic mass is 16.5. The van der Waals surface area contributed by atoms with Crippen molar-refractivity contribution in [1.29, 1.82) is 0 Å². The Balaban J connectivity index is 1.95. The van der Waals surface area contributed by atoms with E-state index in [0.29, 0.717) is 34.9 Å². The van der Waals surface area contributed by atoms with Gasteiger partial charge in [0.2, 0.25) is 5.75 Å². The molecule has 148 valence electrons. The van der Waals surface area contributed by atoms with Gasteiger partial charge in [-0.1, -0.05) is 0 Å². The lowest BCUT2D eigenvalue weighted by Gasteiger charge is -2.16. The number of ether oxygens (including phenoxy) is 3. The van der Waals surface area contributed by atoms with Crippen LogP contribution >= 0.6 is 0 Å². The minimum Gasteiger partial charge on any atom is -0.493 e. The highest BCUT2D eigenvalue weighted by molar-refractivity contribution is 5.90. The van der Waals surface area contributed by atoms with E-state index in [4.69, 9.17) is 14.2 Å². The van der Waals surface area contributed by atoms with Gasteiger partial charge < -0.3 is 29.4 Å². The molecule has 3 aromatic rings. The zero-order valence-corrected chi connectivity index (χ0v) is 16.8. The van der Waals surface area contributed by atoms with Gasteiger partial charge in [0.1, 0.15) is 0 Å². The maximum absolute atomic E-state index is 12.5. The van der Waals surface area contributed by atoms with Crippen molar-refractivity contribution in [3.05, 3.63) is 52.3 Å². The van der Waals surface area contributed by atoms with Gasteiger partial charge in [-0.25, -0.2) is 0 Å². The number of rotatable bonds is 7. The summed E-state index contributed by atoms with van der Waals surface area (Å²) in [4.78, 5) is 17.5. The summed E-state index contributed by atoms with van der Waals surface area (Å²) in [6.07, 6.45) is 0. The summed E-state index contributed by atoms with van der Waals surface area (Å²) in [6.45, 7) is 0.379. The summed E-state index contributed by atoms with van der Waals surface area (Å²) >= 11 is 0. The largest absolute Gasteiger partial charge is 0.493 e. The molecular weight excluding hydrogens is 358 g/mol. The number of H-pyrrole nitrogens is 1. The summed E-state index contributed by atoms with van der Waals surface area (Å²) in [5.74, 6) is 1.50. The first kappa shape index (κ1) is 19.4. The van der Waals surface area contributed by atoms with E-state index in [2.05, 4.69) is 10.3 Å². The lowest BCUT2D eigenvalue weighted by Crippen LogP contribution is -2.16. The van der Waals surface area contributed by atoms with Crippen molar-refractivity contribution in [2.75, 3.05) is 45.6 Å². The van der Waals surface area contributed by atoms with Crippen molar-refractivity contribution in [3.8, 4) is 17.2 Å². The summed E-state index contributed by atoms with van der Waals surface area (Å²) in [7, 11) is 8.65. The zero-order valence-electron chi connectivity index (χ0n) is 16.8. The van der Waals surface area contributed by atoms with Crippen molar-refractivity contribution in [3.63, 3.8) is 0 Å². The van der Waals surface area contributed by atoms with Crippen LogP contribution < -0.4 is 30.0 Å². The first-order valence-corrected chi connectivity index (χ1v) is 8.84. The molecule has 7 nitrogen and oxygen atoms in total. The number of nitrogens with zero attached hydrogens (tertiary/aromatic N) is 1. The summed E-state index contributed by atoms with van der Waals surface area (Å²) in [5.41, 5.74) is 3.09. The van der Waals surface area contributed by atoms with Crippen LogP contribution in [0.4, 0.5) is 11.4 Å². The van der Waals surface area contributed by atoms with Crippen LogP contribution in [-0.2, 0) is 6.54 Å². The topological polar surface area (TPSA) is 75.8 Å². The second-order valence-corrected chi connectivity index (χ2v) is 6.53. The average molecular weight is 383 g/mol. The molecule has 0 spiro atoms. The Morgan fingerprint density at radius 3 is 2.21 bits per heavy atom. The Morgan fingerprint density at radius 1 is 0.964 bits per heavy atom. The predicted octanol–water partition coefficient (Wildman–Crippen LogP) is 3.23. The Hall–Kier alpha value is -3.35. The maximum atomic E-state index is 12.5. The average Bonchev–Trinajstić information content (AvgIpc) is 2.70. The maximum Gasteiger partial charge on any atom is 0.253 e. The molecule has 0 fully saturated rings. The van der Waals surface area contributed by atoms with Crippen LogP contribution in [0.5, 0.6) is 17.2 Å². The number of methoxy groups -OCH3 is 3. The van der Waals surface area contributed by atoms with E-state index in [1.54, 1.807) is 27.4 Å². The Labute approximate surface area is 163 Å². The summed E-state index contributed by atoms with van der Waals surface area (Å²) in [5, 5.41) is 4.04. The van der Waals surface area contributed by atoms with Gasteiger partial charge in [-0.3, -0.25) is 4.79 Å². The number of pyridine rings is 1. The molecule has 2 N–H and O–H groups in total. The van der Waals surface area contributed by atoms with E-state index in [1.807, 2.05) is 49.3 Å². The second kappa shape index (κ2) is 8.12. The molecule has 0 amide bonds. The number of nitrogens with one attached hydrogen (secondary N) is 2. The fraction of sp³-hybridized carbons (Fsp3) is 0.286. The van der Waals surface area contributed by atoms with E-state index in [1.165, 1.54) is 0 Å². The molecule has 0 saturated heterocycles. The van der Waals surface area contributed by atoms with E-state index in [9.17, 15) is 4.79 Å². The molecule has 1 heterocycles. The van der Waals surface area contributed by atoms with Crippen molar-refractivity contribution >= 4 is 22.3 Å². The van der Waals surface area contributed by atoms with Crippen LogP contribution in [0.3, 0.4) is 0 Å². The van der Waals surface area contributed by atoms with E-state index >= 15 is 0 Å². The Bertz CT molecular complexity index is 1030. The lowest BCUT2D eigenvalue weighted by atomic mass is 10.1. The van der Waals surface area contributed by atoms with Crippen LogP contribution in [0.1, 0.15) is 5.56 Å². The molecule has 0 bridgehead atoms. The molecule has 28 heavy (non-hydrogen) atoms. The van der Waals surface area contributed by atoms with Crippen LogP contribution in [0.25, 0.3) is 10.9 Å². The van der Waals surface area contributed by atoms with Crippen molar-refractivity contribution < 1.29 is 14.2 Å². The number of aromatic amines is 1. The molecule has 0 unspecified atom stereocenters. The van der Waals surface area contributed by atoms with E-state index in [-0.39, 0.29) is 5.56 Å². The third-order valence-corrected chi connectivity index (χ3v) is 4.59. The number of hydrogen-bond donors (Lipinski definition) is 2. The SMILES string of the molecule is COc1cc2[nH]c(=O)c(CNc3ccc(N(C)C)cc3)cc2c(OC)c1OC. The smallest absolute Gasteiger partial charge is 0.253 e. The first-order valence-electron chi connectivity index (χ1n) is 8.84. The molecule has 0 aliphatic rings. The van der Waals surface area contributed by atoms with Gasteiger partial charge in [0.15, 0.2) is 11.5 Å². The quantitative estimate of drug-likeness (QED) is 0.652. The number of fused-ring (bicyclic) bond motifs is 1. The van der Waals surface area contributed by atoms with Crippen molar-refractivity contribution in [2.45, 2.75) is 6.54 Å². The van der Waals surface area contributed by atoms with Gasteiger partial charge in [-0.05, 0) is 30.3 Å². The van der Waals surface area contributed by atoms with Crippen LogP contribution in [0.2, 0.25) is 0 Å². The number of hydrogen-bond acceptors (Lipinski definition) is 6. The predicted molar refractivity (Wildman–Crippen MR) is 112 cm³/mol. The van der Waals surface area contributed by atoms with Gasteiger partial charge in [-0.15, -0.1) is 0 Å². The molecule has 3 rings (SSSR count). The zero-order chi connectivity index (χ0) is 20.3. The molecule has 1 aromatic heterocycles. The van der Waals surface area contributed by atoms with Crippen molar-refractivity contribution in [2.24, 2.45) is 0 Å². The fourth-order valence-electron chi connectivity index (χ4n) is 3.07. The van der Waals surface area contributed by atoms with Crippen LogP contribution in [0, 0.1) is 0 Å². The Morgan fingerprint density at radius 2 is 1.64 bits per heavy atom.